The molecule has 2 aromatic carbocycles. The van der Waals surface area contributed by atoms with Crippen LogP contribution in [0.4, 0.5) is 10.1 Å². The molecule has 32 heavy (non-hydrogen) atoms. The van der Waals surface area contributed by atoms with Crippen molar-refractivity contribution in [2.75, 3.05) is 30.2 Å². The number of carbonyl (C=O) groups excluding carboxylic acids is 2. The van der Waals surface area contributed by atoms with Crippen LogP contribution in [0.1, 0.15) is 25.8 Å². The number of nitrogens with one attached hydrogen (secondary N) is 1. The lowest BCUT2D eigenvalue weighted by molar-refractivity contribution is -0.139. The number of anilines is 1. The summed E-state index contributed by atoms with van der Waals surface area (Å²) in [5.74, 6) is -1.44. The summed E-state index contributed by atoms with van der Waals surface area (Å²) in [5, 5.41) is 2.74. The number of nitrogens with zero attached hydrogens (tertiary/aromatic N) is 2. The summed E-state index contributed by atoms with van der Waals surface area (Å²) in [7, 11) is -3.87. The Kier molecular flexibility index (Phi) is 9.19. The van der Waals surface area contributed by atoms with Gasteiger partial charge in [0.25, 0.3) is 0 Å². The number of hydrogen-bond acceptors (Lipinski definition) is 4. The van der Waals surface area contributed by atoms with Crippen LogP contribution in [0, 0.1) is 5.82 Å². The van der Waals surface area contributed by atoms with Crippen LogP contribution in [-0.2, 0) is 26.0 Å². The molecule has 2 aromatic rings. The van der Waals surface area contributed by atoms with Crippen molar-refractivity contribution >= 4 is 27.5 Å². The third kappa shape index (κ3) is 7.05. The lowest BCUT2D eigenvalue weighted by Crippen LogP contribution is -2.53. The summed E-state index contributed by atoms with van der Waals surface area (Å²) < 4.78 is 39.4. The van der Waals surface area contributed by atoms with E-state index in [-0.39, 0.29) is 18.1 Å². The molecule has 1 N–H and O–H groups in total. The zero-order valence-corrected chi connectivity index (χ0v) is 19.4. The van der Waals surface area contributed by atoms with Gasteiger partial charge in [-0.05, 0) is 43.5 Å². The van der Waals surface area contributed by atoms with E-state index >= 15 is 0 Å². The molecule has 1 atom stereocenters. The van der Waals surface area contributed by atoms with Gasteiger partial charge in [0.1, 0.15) is 18.4 Å². The molecule has 0 radical (unpaired) electrons. The van der Waals surface area contributed by atoms with Gasteiger partial charge in [0.15, 0.2) is 0 Å². The zero-order valence-electron chi connectivity index (χ0n) is 18.6. The minimum absolute atomic E-state index is 0.0508. The first kappa shape index (κ1) is 25.3. The predicted octanol–water partition coefficient (Wildman–Crippen LogP) is 2.58. The highest BCUT2D eigenvalue weighted by atomic mass is 32.2. The van der Waals surface area contributed by atoms with E-state index in [9.17, 15) is 22.4 Å². The number of rotatable bonds is 11. The normalized spacial score (nSPS) is 12.1. The standard InChI is InChI=1S/C23H30FN3O4S/c1-4-21(23(29)25-5-2)26(15-14-18-10-7-6-8-11-18)22(28)17-27(32(3,30)31)20-13-9-12-19(24)16-20/h6-13,16,21H,4-5,14-15,17H2,1-3H3,(H,25,29)/t21-/m0/s1. The molecule has 0 saturated heterocycles. The highest BCUT2D eigenvalue weighted by Gasteiger charge is 2.31. The minimum Gasteiger partial charge on any atom is -0.355 e. The Morgan fingerprint density at radius 2 is 1.75 bits per heavy atom. The fourth-order valence-corrected chi connectivity index (χ4v) is 4.27. The molecule has 0 bridgehead atoms. The van der Waals surface area contributed by atoms with Crippen LogP contribution in [0.5, 0.6) is 0 Å². The van der Waals surface area contributed by atoms with Gasteiger partial charge in [-0.15, -0.1) is 0 Å². The van der Waals surface area contributed by atoms with E-state index in [0.29, 0.717) is 19.4 Å². The number of sulfonamides is 1. The monoisotopic (exact) mass is 463 g/mol. The molecule has 0 aliphatic heterocycles. The molecule has 0 fully saturated rings. The van der Waals surface area contributed by atoms with E-state index in [0.717, 1.165) is 22.2 Å². The Balaban J connectivity index is 2.34. The maximum absolute atomic E-state index is 13.7. The van der Waals surface area contributed by atoms with Gasteiger partial charge in [-0.1, -0.05) is 43.3 Å². The highest BCUT2D eigenvalue weighted by molar-refractivity contribution is 7.92. The summed E-state index contributed by atoms with van der Waals surface area (Å²) in [6.07, 6.45) is 1.83. The molecule has 174 valence electrons. The number of carbonyl (C=O) groups is 2. The average Bonchev–Trinajstić information content (AvgIpc) is 2.74. The Morgan fingerprint density at radius 1 is 1.06 bits per heavy atom. The molecule has 9 heteroatoms. The van der Waals surface area contributed by atoms with Crippen molar-refractivity contribution in [1.29, 1.82) is 0 Å². The highest BCUT2D eigenvalue weighted by Crippen LogP contribution is 2.20. The van der Waals surface area contributed by atoms with Gasteiger partial charge in [-0.2, -0.15) is 0 Å². The van der Waals surface area contributed by atoms with Crippen LogP contribution >= 0.6 is 0 Å². The van der Waals surface area contributed by atoms with E-state index in [1.54, 1.807) is 13.8 Å². The quantitative estimate of drug-likeness (QED) is 0.555. The first-order chi connectivity index (χ1) is 15.2. The first-order valence-corrected chi connectivity index (χ1v) is 12.4. The van der Waals surface area contributed by atoms with Gasteiger partial charge in [0, 0.05) is 13.1 Å². The smallest absolute Gasteiger partial charge is 0.244 e. The van der Waals surface area contributed by atoms with E-state index in [1.165, 1.54) is 23.1 Å². The van der Waals surface area contributed by atoms with Gasteiger partial charge in [0.05, 0.1) is 11.9 Å². The Hall–Kier alpha value is -2.94. The van der Waals surface area contributed by atoms with Crippen molar-refractivity contribution in [3.63, 3.8) is 0 Å². The SMILES string of the molecule is CCNC(=O)[C@H](CC)N(CCc1ccccc1)C(=O)CN(c1cccc(F)c1)S(C)(=O)=O. The number of benzene rings is 2. The first-order valence-electron chi connectivity index (χ1n) is 10.5. The maximum Gasteiger partial charge on any atom is 0.244 e. The minimum atomic E-state index is -3.87. The Morgan fingerprint density at radius 3 is 2.31 bits per heavy atom. The number of amides is 2. The predicted molar refractivity (Wildman–Crippen MR) is 123 cm³/mol. The molecule has 0 aromatic heterocycles. The number of hydrogen-bond donors (Lipinski definition) is 1. The molecule has 7 nitrogen and oxygen atoms in total. The van der Waals surface area contributed by atoms with E-state index in [1.807, 2.05) is 30.3 Å². The van der Waals surface area contributed by atoms with Gasteiger partial charge < -0.3 is 10.2 Å². The van der Waals surface area contributed by atoms with Crippen molar-refractivity contribution in [2.24, 2.45) is 0 Å². The van der Waals surface area contributed by atoms with Crippen LogP contribution in [0.15, 0.2) is 54.6 Å². The summed E-state index contributed by atoms with van der Waals surface area (Å²) >= 11 is 0. The third-order valence-electron chi connectivity index (χ3n) is 5.00. The van der Waals surface area contributed by atoms with Gasteiger partial charge >= 0.3 is 0 Å². The summed E-state index contributed by atoms with van der Waals surface area (Å²) in [6.45, 7) is 3.70. The van der Waals surface area contributed by atoms with E-state index in [2.05, 4.69) is 5.32 Å². The van der Waals surface area contributed by atoms with Crippen molar-refractivity contribution in [2.45, 2.75) is 32.7 Å². The van der Waals surface area contributed by atoms with Crippen LogP contribution in [0.3, 0.4) is 0 Å². The van der Waals surface area contributed by atoms with E-state index in [4.69, 9.17) is 0 Å². The Bertz CT molecular complexity index is 1010. The molecule has 2 amide bonds. The molecule has 0 unspecified atom stereocenters. The lowest BCUT2D eigenvalue weighted by atomic mass is 10.1. The second-order valence-corrected chi connectivity index (χ2v) is 9.30. The van der Waals surface area contributed by atoms with Gasteiger partial charge in [-0.25, -0.2) is 12.8 Å². The molecule has 0 aliphatic carbocycles. The summed E-state index contributed by atoms with van der Waals surface area (Å²) in [4.78, 5) is 27.4. The lowest BCUT2D eigenvalue weighted by Gasteiger charge is -2.32. The van der Waals surface area contributed by atoms with Crippen molar-refractivity contribution in [3.8, 4) is 0 Å². The van der Waals surface area contributed by atoms with Crippen molar-refractivity contribution < 1.29 is 22.4 Å². The average molecular weight is 464 g/mol. The topological polar surface area (TPSA) is 86.8 Å². The van der Waals surface area contributed by atoms with Crippen LogP contribution in [0.2, 0.25) is 0 Å². The fraction of sp³-hybridized carbons (Fsp3) is 0.391. The van der Waals surface area contributed by atoms with Gasteiger partial charge in [-0.3, -0.25) is 13.9 Å². The van der Waals surface area contributed by atoms with Crippen molar-refractivity contribution in [3.05, 3.63) is 66.0 Å². The molecular weight excluding hydrogens is 433 g/mol. The van der Waals surface area contributed by atoms with Crippen LogP contribution in [-0.4, -0.2) is 57.1 Å². The second-order valence-electron chi connectivity index (χ2n) is 7.39. The molecule has 0 heterocycles. The van der Waals surface area contributed by atoms with Gasteiger partial charge in [0.2, 0.25) is 21.8 Å². The van der Waals surface area contributed by atoms with E-state index < -0.39 is 34.3 Å². The third-order valence-corrected chi connectivity index (χ3v) is 6.14. The fourth-order valence-electron chi connectivity index (χ4n) is 3.43. The Labute approximate surface area is 189 Å². The van der Waals surface area contributed by atoms with Crippen LogP contribution in [0.25, 0.3) is 0 Å². The summed E-state index contributed by atoms with van der Waals surface area (Å²) in [6, 6.07) is 13.8. The second kappa shape index (κ2) is 11.6. The maximum atomic E-state index is 13.7. The molecule has 0 aliphatic rings. The van der Waals surface area contributed by atoms with Crippen molar-refractivity contribution in [1.82, 2.24) is 10.2 Å². The number of likely N-dealkylation sites (N-methyl/N-ethyl adjacent to an activating group) is 1. The molecule has 2 rings (SSSR count). The zero-order chi connectivity index (χ0) is 23.7. The largest absolute Gasteiger partial charge is 0.355 e. The molecule has 0 saturated carbocycles. The summed E-state index contributed by atoms with van der Waals surface area (Å²) in [5.41, 5.74) is 1.04. The molecular formula is C23H30FN3O4S. The van der Waals surface area contributed by atoms with Crippen LogP contribution < -0.4 is 9.62 Å². The number of halogens is 1. The molecule has 0 spiro atoms.